The fourth-order valence-electron chi connectivity index (χ4n) is 1.12. The number of hydrogen-bond acceptors (Lipinski definition) is 0. The van der Waals surface area contributed by atoms with Crippen LogP contribution in [0, 0.1) is 5.92 Å². The Morgan fingerprint density at radius 3 is 2.54 bits per heavy atom. The summed E-state index contributed by atoms with van der Waals surface area (Å²) in [5, 5.41) is 0. The first-order valence-electron chi connectivity index (χ1n) is 5.09. The van der Waals surface area contributed by atoms with Crippen LogP contribution in [0.1, 0.15) is 39.5 Å². The van der Waals surface area contributed by atoms with Gasteiger partial charge in [-0.25, -0.2) is 0 Å². The van der Waals surface area contributed by atoms with Gasteiger partial charge >= 0.3 is 0 Å². The van der Waals surface area contributed by atoms with Gasteiger partial charge in [-0.2, -0.15) is 0 Å². The maximum absolute atomic E-state index is 3.78. The lowest BCUT2D eigenvalue weighted by Gasteiger charge is -2.05. The first-order valence-corrected chi connectivity index (χ1v) is 5.09. The number of allylic oxidation sites excluding steroid dienone is 4. The first-order chi connectivity index (χ1) is 6.20. The Balaban J connectivity index is 3.59. The molecule has 0 nitrogen and oxygen atoms in total. The van der Waals surface area contributed by atoms with Crippen molar-refractivity contribution in [3.05, 3.63) is 37.0 Å². The molecule has 0 amide bonds. The van der Waals surface area contributed by atoms with Crippen LogP contribution in [0.2, 0.25) is 0 Å². The number of hydrogen-bond donors (Lipinski definition) is 0. The molecule has 1 unspecified atom stereocenters. The molecule has 0 rings (SSSR count). The van der Waals surface area contributed by atoms with Crippen molar-refractivity contribution >= 4 is 0 Å². The van der Waals surface area contributed by atoms with Gasteiger partial charge < -0.3 is 0 Å². The van der Waals surface area contributed by atoms with E-state index in [1.807, 2.05) is 12.2 Å². The Hall–Kier alpha value is -0.780. The van der Waals surface area contributed by atoms with Gasteiger partial charge in [-0.1, -0.05) is 30.7 Å². The highest BCUT2D eigenvalue weighted by Crippen LogP contribution is 2.12. The molecule has 0 radical (unpaired) electrons. The third-order valence-corrected chi connectivity index (χ3v) is 2.26. The highest BCUT2D eigenvalue weighted by atomic mass is 14.0. The molecule has 0 aliphatic rings. The summed E-state index contributed by atoms with van der Waals surface area (Å²) in [5.41, 5.74) is 1.50. The molecule has 0 saturated heterocycles. The molecular formula is C13H22. The summed E-state index contributed by atoms with van der Waals surface area (Å²) in [6.07, 6.45) is 11.0. The van der Waals surface area contributed by atoms with Crippen LogP contribution in [-0.2, 0) is 0 Å². The van der Waals surface area contributed by atoms with Gasteiger partial charge in [0.1, 0.15) is 0 Å². The van der Waals surface area contributed by atoms with Crippen LogP contribution in [-0.4, -0.2) is 0 Å². The molecule has 0 saturated carbocycles. The van der Waals surface area contributed by atoms with Crippen molar-refractivity contribution < 1.29 is 0 Å². The Morgan fingerprint density at radius 2 is 2.00 bits per heavy atom. The van der Waals surface area contributed by atoms with Crippen LogP contribution in [0.15, 0.2) is 37.0 Å². The Bertz CT molecular complexity index is 174. The minimum atomic E-state index is 0.641. The summed E-state index contributed by atoms with van der Waals surface area (Å²) in [6, 6.07) is 0. The summed E-state index contributed by atoms with van der Waals surface area (Å²) in [6.45, 7) is 11.9. The van der Waals surface area contributed by atoms with Crippen LogP contribution >= 0.6 is 0 Å². The zero-order chi connectivity index (χ0) is 10.1. The topological polar surface area (TPSA) is 0 Å². The molecule has 0 bridgehead atoms. The number of rotatable bonds is 7. The Labute approximate surface area is 83.0 Å². The molecule has 0 N–H and O–H groups in total. The van der Waals surface area contributed by atoms with Gasteiger partial charge in [0.2, 0.25) is 0 Å². The molecule has 0 aromatic rings. The molecule has 74 valence electrons. The molecule has 0 spiro atoms. The Kier molecular flexibility index (Phi) is 7.38. The van der Waals surface area contributed by atoms with Gasteiger partial charge in [0, 0.05) is 0 Å². The normalized spacial score (nSPS) is 13.8. The van der Waals surface area contributed by atoms with Crippen molar-refractivity contribution in [2.75, 3.05) is 0 Å². The molecular weight excluding hydrogens is 156 g/mol. The van der Waals surface area contributed by atoms with E-state index in [1.165, 1.54) is 18.4 Å². The predicted octanol–water partition coefficient (Wildman–Crippen LogP) is 4.50. The second-order valence-electron chi connectivity index (χ2n) is 3.67. The fourth-order valence-corrected chi connectivity index (χ4v) is 1.12. The van der Waals surface area contributed by atoms with Gasteiger partial charge in [-0.05, 0) is 38.5 Å². The van der Waals surface area contributed by atoms with Gasteiger partial charge in [-0.3, -0.25) is 0 Å². The van der Waals surface area contributed by atoms with Gasteiger partial charge in [0.05, 0.1) is 0 Å². The van der Waals surface area contributed by atoms with Crippen molar-refractivity contribution in [1.29, 1.82) is 0 Å². The van der Waals surface area contributed by atoms with Crippen molar-refractivity contribution in [2.45, 2.75) is 39.5 Å². The minimum absolute atomic E-state index is 0.641. The third-order valence-electron chi connectivity index (χ3n) is 2.26. The van der Waals surface area contributed by atoms with Crippen LogP contribution < -0.4 is 0 Å². The zero-order valence-electron chi connectivity index (χ0n) is 9.05. The molecule has 0 aromatic heterocycles. The monoisotopic (exact) mass is 178 g/mol. The summed E-state index contributed by atoms with van der Waals surface area (Å²) in [4.78, 5) is 0. The van der Waals surface area contributed by atoms with Crippen molar-refractivity contribution in [2.24, 2.45) is 5.92 Å². The molecule has 0 aliphatic heterocycles. The van der Waals surface area contributed by atoms with Crippen LogP contribution in [0.5, 0.6) is 0 Å². The van der Waals surface area contributed by atoms with Crippen LogP contribution in [0.3, 0.4) is 0 Å². The maximum atomic E-state index is 3.78. The highest BCUT2D eigenvalue weighted by molar-refractivity contribution is 4.99. The lowest BCUT2D eigenvalue weighted by Crippen LogP contribution is -1.89. The van der Waals surface area contributed by atoms with E-state index in [0.717, 1.165) is 12.8 Å². The van der Waals surface area contributed by atoms with Crippen LogP contribution in [0.25, 0.3) is 0 Å². The zero-order valence-corrected chi connectivity index (χ0v) is 9.05. The van der Waals surface area contributed by atoms with E-state index in [4.69, 9.17) is 0 Å². The molecule has 0 fully saturated rings. The van der Waals surface area contributed by atoms with Gasteiger partial charge in [-0.15, -0.1) is 13.2 Å². The number of unbranched alkanes of at least 4 members (excludes halogenated alkanes) is 1. The lowest BCUT2D eigenvalue weighted by atomic mass is 10.0. The van der Waals surface area contributed by atoms with E-state index >= 15 is 0 Å². The van der Waals surface area contributed by atoms with E-state index in [0.29, 0.717) is 5.92 Å². The molecule has 1 atom stereocenters. The fraction of sp³-hybridized carbons (Fsp3) is 0.538. The van der Waals surface area contributed by atoms with E-state index in [1.54, 1.807) is 0 Å². The maximum Gasteiger partial charge on any atom is -0.0262 e. The van der Waals surface area contributed by atoms with E-state index < -0.39 is 0 Å². The molecule has 0 heteroatoms. The third kappa shape index (κ3) is 7.58. The summed E-state index contributed by atoms with van der Waals surface area (Å²) in [7, 11) is 0. The highest BCUT2D eigenvalue weighted by Gasteiger charge is 1.96. The summed E-state index contributed by atoms with van der Waals surface area (Å²) in [5.74, 6) is 0.641. The SMILES string of the molecule is C=CCC/C=C(\C)CCC(C)C=C. The predicted molar refractivity (Wildman–Crippen MR) is 61.8 cm³/mol. The molecule has 0 heterocycles. The smallest absolute Gasteiger partial charge is 0.0262 e. The molecule has 0 aromatic carbocycles. The van der Waals surface area contributed by atoms with Crippen molar-refractivity contribution in [1.82, 2.24) is 0 Å². The largest absolute Gasteiger partial charge is 0.103 e. The molecule has 0 aliphatic carbocycles. The van der Waals surface area contributed by atoms with Crippen LogP contribution in [0.4, 0.5) is 0 Å². The van der Waals surface area contributed by atoms with E-state index in [2.05, 4.69) is 33.1 Å². The van der Waals surface area contributed by atoms with Crippen molar-refractivity contribution in [3.63, 3.8) is 0 Å². The first kappa shape index (κ1) is 12.2. The van der Waals surface area contributed by atoms with E-state index in [9.17, 15) is 0 Å². The summed E-state index contributed by atoms with van der Waals surface area (Å²) >= 11 is 0. The van der Waals surface area contributed by atoms with Gasteiger partial charge in [0.25, 0.3) is 0 Å². The minimum Gasteiger partial charge on any atom is -0.103 e. The second-order valence-corrected chi connectivity index (χ2v) is 3.67. The van der Waals surface area contributed by atoms with Crippen molar-refractivity contribution in [3.8, 4) is 0 Å². The lowest BCUT2D eigenvalue weighted by molar-refractivity contribution is 0.644. The average molecular weight is 178 g/mol. The average Bonchev–Trinajstić information content (AvgIpc) is 2.14. The summed E-state index contributed by atoms with van der Waals surface area (Å²) < 4.78 is 0. The Morgan fingerprint density at radius 1 is 1.31 bits per heavy atom. The quantitative estimate of drug-likeness (QED) is 0.397. The second kappa shape index (κ2) is 7.85. The van der Waals surface area contributed by atoms with Gasteiger partial charge in [0.15, 0.2) is 0 Å². The van der Waals surface area contributed by atoms with E-state index in [-0.39, 0.29) is 0 Å². The standard InChI is InChI=1S/C13H22/c1-5-7-8-9-13(4)11-10-12(3)6-2/h5-6,9,12H,1-2,7-8,10-11H2,3-4H3/b13-9+. The molecule has 13 heavy (non-hydrogen) atoms.